The van der Waals surface area contributed by atoms with Gasteiger partial charge in [0.25, 0.3) is 5.91 Å². The van der Waals surface area contributed by atoms with Gasteiger partial charge in [0.1, 0.15) is 5.56 Å². The number of hydrogen-bond acceptors (Lipinski definition) is 4. The van der Waals surface area contributed by atoms with Crippen molar-refractivity contribution in [2.75, 3.05) is 33.8 Å². The molecule has 2 aliphatic rings. The van der Waals surface area contributed by atoms with Crippen LogP contribution in [0, 0.1) is 0 Å². The Labute approximate surface area is 154 Å². The standard InChI is InChI=1S/C21H25N3O2/c1-23-11-12-24(19(14-23)15-7-4-3-5-8-15)21(25)17-13-16-9-6-10-18(16)22-20(17)26-2/h3-5,7-8,13,19H,6,9-12,14H2,1-2H3. The topological polar surface area (TPSA) is 45.7 Å². The van der Waals surface area contributed by atoms with Crippen molar-refractivity contribution in [1.29, 1.82) is 0 Å². The highest BCUT2D eigenvalue weighted by molar-refractivity contribution is 5.97. The lowest BCUT2D eigenvalue weighted by molar-refractivity contribution is 0.0494. The van der Waals surface area contributed by atoms with Crippen LogP contribution in [0.2, 0.25) is 0 Å². The SMILES string of the molecule is COc1nc2c(cc1C(=O)N1CCN(C)CC1c1ccccc1)CCC2. The number of hydrogen-bond donors (Lipinski definition) is 0. The van der Waals surface area contributed by atoms with Crippen LogP contribution < -0.4 is 4.74 Å². The van der Waals surface area contributed by atoms with E-state index in [1.54, 1.807) is 7.11 Å². The van der Waals surface area contributed by atoms with Crippen molar-refractivity contribution >= 4 is 5.91 Å². The molecule has 1 fully saturated rings. The average molecular weight is 351 g/mol. The maximum atomic E-state index is 13.5. The third-order valence-electron chi connectivity index (χ3n) is 5.47. The van der Waals surface area contributed by atoms with E-state index in [1.165, 1.54) is 11.1 Å². The van der Waals surface area contributed by atoms with Crippen LogP contribution >= 0.6 is 0 Å². The second-order valence-electron chi connectivity index (χ2n) is 7.19. The molecule has 1 aromatic carbocycles. The van der Waals surface area contributed by atoms with Crippen molar-refractivity contribution in [1.82, 2.24) is 14.8 Å². The van der Waals surface area contributed by atoms with E-state index in [9.17, 15) is 4.79 Å². The van der Waals surface area contributed by atoms with Gasteiger partial charge in [-0.25, -0.2) is 4.98 Å². The number of rotatable bonds is 3. The number of piperazine rings is 1. The van der Waals surface area contributed by atoms with Crippen LogP contribution in [0.4, 0.5) is 0 Å². The minimum absolute atomic E-state index is 0.0194. The Morgan fingerprint density at radius 1 is 1.19 bits per heavy atom. The molecule has 5 heteroatoms. The van der Waals surface area contributed by atoms with E-state index >= 15 is 0 Å². The van der Waals surface area contributed by atoms with Crippen molar-refractivity contribution in [2.45, 2.75) is 25.3 Å². The number of pyridine rings is 1. The first kappa shape index (κ1) is 17.0. The van der Waals surface area contributed by atoms with Gasteiger partial charge in [0.2, 0.25) is 5.88 Å². The number of benzene rings is 1. The highest BCUT2D eigenvalue weighted by Crippen LogP contribution is 2.31. The van der Waals surface area contributed by atoms with Crippen molar-refractivity contribution < 1.29 is 9.53 Å². The Morgan fingerprint density at radius 2 is 2.00 bits per heavy atom. The summed E-state index contributed by atoms with van der Waals surface area (Å²) in [5.41, 5.74) is 4.04. The minimum atomic E-state index is 0.0194. The predicted octanol–water partition coefficient (Wildman–Crippen LogP) is 2.71. The fraction of sp³-hybridized carbons (Fsp3) is 0.429. The van der Waals surface area contributed by atoms with Crippen LogP contribution in [0.3, 0.4) is 0 Å². The zero-order chi connectivity index (χ0) is 18.1. The number of aromatic nitrogens is 1. The molecule has 0 bridgehead atoms. The van der Waals surface area contributed by atoms with E-state index in [0.29, 0.717) is 18.0 Å². The second-order valence-corrected chi connectivity index (χ2v) is 7.19. The molecule has 1 amide bonds. The highest BCUT2D eigenvalue weighted by Gasteiger charge is 2.33. The summed E-state index contributed by atoms with van der Waals surface area (Å²) >= 11 is 0. The number of amides is 1. The van der Waals surface area contributed by atoms with E-state index in [2.05, 4.69) is 29.1 Å². The largest absolute Gasteiger partial charge is 0.480 e. The first-order chi connectivity index (χ1) is 12.7. The predicted molar refractivity (Wildman–Crippen MR) is 101 cm³/mol. The van der Waals surface area contributed by atoms with Gasteiger partial charge in [-0.1, -0.05) is 30.3 Å². The number of aryl methyl sites for hydroxylation is 2. The molecular weight excluding hydrogens is 326 g/mol. The van der Waals surface area contributed by atoms with Gasteiger partial charge in [-0.05, 0) is 43.5 Å². The third kappa shape index (κ3) is 3.07. The van der Waals surface area contributed by atoms with Gasteiger partial charge in [0.15, 0.2) is 0 Å². The number of carbonyl (C=O) groups excluding carboxylic acids is 1. The minimum Gasteiger partial charge on any atom is -0.480 e. The summed E-state index contributed by atoms with van der Waals surface area (Å²) < 4.78 is 5.48. The molecule has 0 spiro atoms. The van der Waals surface area contributed by atoms with Crippen LogP contribution in [-0.2, 0) is 12.8 Å². The Kier molecular flexibility index (Phi) is 4.64. The fourth-order valence-corrected chi connectivity index (χ4v) is 4.04. The molecule has 2 heterocycles. The lowest BCUT2D eigenvalue weighted by Gasteiger charge is -2.40. The number of fused-ring (bicyclic) bond motifs is 1. The monoisotopic (exact) mass is 351 g/mol. The van der Waals surface area contributed by atoms with Gasteiger partial charge < -0.3 is 14.5 Å². The molecule has 1 unspecified atom stereocenters. The molecule has 0 radical (unpaired) electrons. The molecule has 0 saturated carbocycles. The molecule has 136 valence electrons. The average Bonchev–Trinajstić information content (AvgIpc) is 3.14. The van der Waals surface area contributed by atoms with E-state index in [0.717, 1.165) is 38.0 Å². The van der Waals surface area contributed by atoms with Crippen LogP contribution in [0.1, 0.15) is 39.6 Å². The van der Waals surface area contributed by atoms with Crippen LogP contribution in [0.25, 0.3) is 0 Å². The molecule has 26 heavy (non-hydrogen) atoms. The summed E-state index contributed by atoms with van der Waals surface area (Å²) in [6, 6.07) is 12.3. The van der Waals surface area contributed by atoms with Crippen molar-refractivity contribution in [3.05, 3.63) is 58.8 Å². The van der Waals surface area contributed by atoms with Crippen LogP contribution in [-0.4, -0.2) is 54.5 Å². The smallest absolute Gasteiger partial charge is 0.259 e. The number of nitrogens with zero attached hydrogens (tertiary/aromatic N) is 3. The zero-order valence-corrected chi connectivity index (χ0v) is 15.4. The normalized spacial score (nSPS) is 20.1. The van der Waals surface area contributed by atoms with E-state index in [-0.39, 0.29) is 11.9 Å². The number of methoxy groups -OCH3 is 1. The molecule has 1 aliphatic carbocycles. The van der Waals surface area contributed by atoms with Gasteiger partial charge in [0.05, 0.1) is 13.2 Å². The number of carbonyl (C=O) groups is 1. The summed E-state index contributed by atoms with van der Waals surface area (Å²) in [4.78, 5) is 22.3. The summed E-state index contributed by atoms with van der Waals surface area (Å²) in [6.45, 7) is 2.40. The maximum Gasteiger partial charge on any atom is 0.259 e. The zero-order valence-electron chi connectivity index (χ0n) is 15.4. The summed E-state index contributed by atoms with van der Waals surface area (Å²) in [7, 11) is 3.70. The van der Waals surface area contributed by atoms with Gasteiger partial charge in [-0.3, -0.25) is 4.79 Å². The molecule has 2 aromatic rings. The van der Waals surface area contributed by atoms with Gasteiger partial charge >= 0.3 is 0 Å². The molecule has 1 aliphatic heterocycles. The lowest BCUT2D eigenvalue weighted by Crippen LogP contribution is -2.49. The second kappa shape index (κ2) is 7.08. The molecule has 1 aromatic heterocycles. The first-order valence-electron chi connectivity index (χ1n) is 9.28. The molecule has 0 N–H and O–H groups in total. The van der Waals surface area contributed by atoms with E-state index < -0.39 is 0 Å². The molecule has 1 saturated heterocycles. The Morgan fingerprint density at radius 3 is 2.77 bits per heavy atom. The van der Waals surface area contributed by atoms with E-state index in [4.69, 9.17) is 4.74 Å². The quantitative estimate of drug-likeness (QED) is 0.853. The highest BCUT2D eigenvalue weighted by atomic mass is 16.5. The van der Waals surface area contributed by atoms with Gasteiger partial charge in [-0.2, -0.15) is 0 Å². The molecule has 4 rings (SSSR count). The lowest BCUT2D eigenvalue weighted by atomic mass is 10.0. The Balaban J connectivity index is 1.70. The summed E-state index contributed by atoms with van der Waals surface area (Å²) in [5.74, 6) is 0.479. The van der Waals surface area contributed by atoms with Crippen molar-refractivity contribution in [2.24, 2.45) is 0 Å². The van der Waals surface area contributed by atoms with Gasteiger partial charge in [-0.15, -0.1) is 0 Å². The first-order valence-corrected chi connectivity index (χ1v) is 9.28. The van der Waals surface area contributed by atoms with Gasteiger partial charge in [0, 0.05) is 25.3 Å². The summed E-state index contributed by atoms with van der Waals surface area (Å²) in [6.07, 6.45) is 3.07. The third-order valence-corrected chi connectivity index (χ3v) is 5.47. The van der Waals surface area contributed by atoms with Crippen molar-refractivity contribution in [3.8, 4) is 5.88 Å². The molecular formula is C21H25N3O2. The number of ether oxygens (including phenoxy) is 1. The van der Waals surface area contributed by atoms with E-state index in [1.807, 2.05) is 29.2 Å². The van der Waals surface area contributed by atoms with Crippen molar-refractivity contribution in [3.63, 3.8) is 0 Å². The molecule has 1 atom stereocenters. The maximum absolute atomic E-state index is 13.5. The fourth-order valence-electron chi connectivity index (χ4n) is 4.04. The Bertz CT molecular complexity index is 806. The van der Waals surface area contributed by atoms with Crippen LogP contribution in [0.5, 0.6) is 5.88 Å². The Hall–Kier alpha value is -2.40. The van der Waals surface area contributed by atoms with Crippen LogP contribution in [0.15, 0.2) is 36.4 Å². The molecule has 5 nitrogen and oxygen atoms in total. The number of likely N-dealkylation sites (N-methyl/N-ethyl adjacent to an activating group) is 1. The summed E-state index contributed by atoms with van der Waals surface area (Å²) in [5, 5.41) is 0.